The molecule has 8 aromatic carbocycles. The molecule has 0 radical (unpaired) electrons. The van der Waals surface area contributed by atoms with Gasteiger partial charge in [0.1, 0.15) is 40.1 Å². The van der Waals surface area contributed by atoms with E-state index in [1.54, 1.807) is 12.3 Å². The zero-order valence-corrected chi connectivity index (χ0v) is 41.5. The van der Waals surface area contributed by atoms with Gasteiger partial charge in [0.05, 0.1) is 34.2 Å². The molecule has 0 unspecified atom stereocenters. The first-order chi connectivity index (χ1) is 34.4. The summed E-state index contributed by atoms with van der Waals surface area (Å²) in [6.07, 6.45) is 1.69. The molecule has 6 nitrogen and oxygen atoms in total. The molecule has 3 aromatic heterocycles. The van der Waals surface area contributed by atoms with Gasteiger partial charge in [0, 0.05) is 22.6 Å². The van der Waals surface area contributed by atoms with Gasteiger partial charge in [0.25, 0.3) is 0 Å². The highest BCUT2D eigenvalue weighted by Gasteiger charge is 2.28. The minimum absolute atomic E-state index is 0.106. The fourth-order valence-electron chi connectivity index (χ4n) is 10.3. The molecule has 0 aliphatic rings. The van der Waals surface area contributed by atoms with Crippen molar-refractivity contribution in [2.45, 2.75) is 79.1 Å². The first-order valence-electron chi connectivity index (χ1n) is 24.8. The zero-order chi connectivity index (χ0) is 49.1. The third kappa shape index (κ3) is 8.19. The van der Waals surface area contributed by atoms with Crippen LogP contribution in [-0.4, -0.2) is 19.1 Å². The Morgan fingerprint density at radius 3 is 1.58 bits per heavy atom. The smallest absolute Gasteiger partial charge is 0.149 e. The van der Waals surface area contributed by atoms with Crippen LogP contribution < -0.4 is 4.74 Å². The zero-order valence-electron chi connectivity index (χ0n) is 41.5. The maximum atomic E-state index is 16.6. The summed E-state index contributed by atoms with van der Waals surface area (Å²) in [4.78, 5) is 10.6. The third-order valence-electron chi connectivity index (χ3n) is 13.8. The van der Waals surface area contributed by atoms with E-state index < -0.39 is 0 Å². The molecule has 0 spiro atoms. The quantitative estimate of drug-likeness (QED) is 0.122. The van der Waals surface area contributed by atoms with E-state index in [2.05, 4.69) is 169 Å². The van der Waals surface area contributed by atoms with Crippen molar-refractivity contribution in [2.75, 3.05) is 0 Å². The molecular weight excluding hydrogens is 876 g/mol. The molecule has 0 aliphatic carbocycles. The van der Waals surface area contributed by atoms with Gasteiger partial charge in [0.15, 0.2) is 0 Å². The number of hydrogen-bond acceptors (Lipinski definition) is 4. The highest BCUT2D eigenvalue weighted by Crippen LogP contribution is 2.45. The van der Waals surface area contributed by atoms with Crippen LogP contribution in [0.2, 0.25) is 0 Å². The van der Waals surface area contributed by atoms with Crippen LogP contribution in [0.4, 0.5) is 4.39 Å². The van der Waals surface area contributed by atoms with Crippen LogP contribution in [-0.2, 0) is 0 Å². The highest BCUT2D eigenvalue weighted by molar-refractivity contribution is 5.97. The van der Waals surface area contributed by atoms with Gasteiger partial charge >= 0.3 is 0 Å². The van der Waals surface area contributed by atoms with Crippen molar-refractivity contribution in [1.29, 1.82) is 0 Å². The maximum absolute atomic E-state index is 16.6. The molecule has 352 valence electrons. The lowest BCUT2D eigenvalue weighted by Crippen LogP contribution is -2.10. The molecule has 11 aromatic rings. The monoisotopic (exact) mass is 932 g/mol. The van der Waals surface area contributed by atoms with Crippen LogP contribution >= 0.6 is 0 Å². The summed E-state index contributed by atoms with van der Waals surface area (Å²) in [6.45, 7) is 17.9. The van der Waals surface area contributed by atoms with Crippen LogP contribution in [0.5, 0.6) is 11.5 Å². The molecule has 7 heteroatoms. The first-order valence-corrected chi connectivity index (χ1v) is 24.8. The van der Waals surface area contributed by atoms with Gasteiger partial charge in [-0.3, -0.25) is 9.13 Å². The standard InChI is InChI=1S/C64H57FN4O2/c1-38(2)50-32-45(42-19-11-9-12-20-42)33-51(39(3)4)60(50)68-58-28-16-15-26-56(58)66-63(68)44-23-17-24-47(31-44)71-48-36-54(49-29-30-70-59(49)37-48)64-67-57-27-18-25-55(65)62(57)69(64)61-52(40(5)6)34-46(35-53(61)41(7)8)43-21-13-10-14-22-43/h9-41H,1-8H3. The van der Waals surface area contributed by atoms with E-state index in [1.807, 2.05) is 53.1 Å². The molecule has 11 rings (SSSR count). The van der Waals surface area contributed by atoms with Gasteiger partial charge in [-0.05, 0) is 141 Å². The Morgan fingerprint density at radius 1 is 0.451 bits per heavy atom. The second-order valence-corrected chi connectivity index (χ2v) is 19.9. The minimum atomic E-state index is -0.343. The number of furan rings is 1. The Morgan fingerprint density at radius 2 is 0.972 bits per heavy atom. The normalized spacial score (nSPS) is 12.0. The number of fused-ring (bicyclic) bond motifs is 3. The van der Waals surface area contributed by atoms with Gasteiger partial charge < -0.3 is 9.15 Å². The summed E-state index contributed by atoms with van der Waals surface area (Å²) in [5, 5.41) is 0.843. The van der Waals surface area contributed by atoms with E-state index in [9.17, 15) is 0 Å². The Balaban J connectivity index is 1.07. The van der Waals surface area contributed by atoms with Gasteiger partial charge in [-0.2, -0.15) is 0 Å². The highest BCUT2D eigenvalue weighted by atomic mass is 19.1. The number of hydrogen-bond donors (Lipinski definition) is 0. The Labute approximate surface area is 415 Å². The van der Waals surface area contributed by atoms with Crippen LogP contribution in [0, 0.1) is 5.82 Å². The molecule has 3 heterocycles. The molecule has 0 N–H and O–H groups in total. The summed E-state index contributed by atoms with van der Waals surface area (Å²) >= 11 is 0. The fourth-order valence-corrected chi connectivity index (χ4v) is 10.3. The lowest BCUT2D eigenvalue weighted by atomic mass is 9.88. The molecule has 71 heavy (non-hydrogen) atoms. The average molecular weight is 933 g/mol. The molecule has 0 aliphatic heterocycles. The molecule has 0 fully saturated rings. The number of nitrogens with zero attached hydrogens (tertiary/aromatic N) is 4. The number of aromatic nitrogens is 4. The summed E-state index contributed by atoms with van der Waals surface area (Å²) in [5.74, 6) is 2.94. The van der Waals surface area contributed by atoms with E-state index in [4.69, 9.17) is 19.1 Å². The van der Waals surface area contributed by atoms with Crippen LogP contribution in [0.25, 0.3) is 89.4 Å². The molecule has 0 bridgehead atoms. The van der Waals surface area contributed by atoms with Crippen LogP contribution in [0.3, 0.4) is 0 Å². The van der Waals surface area contributed by atoms with E-state index in [1.165, 1.54) is 28.3 Å². The van der Waals surface area contributed by atoms with Gasteiger partial charge in [-0.1, -0.05) is 146 Å². The van der Waals surface area contributed by atoms with E-state index in [0.29, 0.717) is 33.9 Å². The van der Waals surface area contributed by atoms with Crippen LogP contribution in [0.1, 0.15) is 101 Å². The van der Waals surface area contributed by atoms with Crippen molar-refractivity contribution in [1.82, 2.24) is 19.1 Å². The minimum Gasteiger partial charge on any atom is -0.464 e. The topological polar surface area (TPSA) is 58.0 Å². The molecule has 0 saturated heterocycles. The lowest BCUT2D eigenvalue weighted by molar-refractivity contribution is 0.482. The molecule has 0 amide bonds. The molecule has 0 atom stereocenters. The predicted molar refractivity (Wildman–Crippen MR) is 290 cm³/mol. The van der Waals surface area contributed by atoms with Crippen LogP contribution in [0.15, 0.2) is 181 Å². The van der Waals surface area contributed by atoms with Crippen molar-refractivity contribution < 1.29 is 13.5 Å². The molecule has 0 saturated carbocycles. The second-order valence-electron chi connectivity index (χ2n) is 19.9. The predicted octanol–water partition coefficient (Wildman–Crippen LogP) is 18.2. The number of rotatable bonds is 12. The lowest BCUT2D eigenvalue weighted by Gasteiger charge is -2.24. The second kappa shape index (κ2) is 18.4. The van der Waals surface area contributed by atoms with Gasteiger partial charge in [0.2, 0.25) is 0 Å². The Bertz CT molecular complexity index is 3710. The summed E-state index contributed by atoms with van der Waals surface area (Å²) in [7, 11) is 0. The van der Waals surface area contributed by atoms with E-state index in [0.717, 1.165) is 67.0 Å². The summed E-state index contributed by atoms with van der Waals surface area (Å²) in [6, 6.07) is 57.9. The van der Waals surface area contributed by atoms with Crippen molar-refractivity contribution >= 4 is 33.0 Å². The molecular formula is C64H57FN4O2. The first kappa shape index (κ1) is 45.4. The number of ether oxygens (including phenoxy) is 1. The van der Waals surface area contributed by atoms with E-state index in [-0.39, 0.29) is 29.5 Å². The largest absolute Gasteiger partial charge is 0.464 e. The van der Waals surface area contributed by atoms with Crippen molar-refractivity contribution in [3.63, 3.8) is 0 Å². The van der Waals surface area contributed by atoms with Crippen molar-refractivity contribution in [3.8, 4) is 67.9 Å². The van der Waals surface area contributed by atoms with Gasteiger partial charge in [-0.15, -0.1) is 0 Å². The summed E-state index contributed by atoms with van der Waals surface area (Å²) in [5.41, 5.74) is 16.7. The summed E-state index contributed by atoms with van der Waals surface area (Å²) < 4.78 is 34.1. The SMILES string of the molecule is CC(C)c1cc(-c2ccccc2)cc(C(C)C)c1-n1c(-c2cccc(Oc3cc(-c4nc5cccc(F)c5n4-c4c(C(C)C)cc(-c5ccccc5)cc4C(C)C)c4ccoc4c3)c2)nc2ccccc21. The number of halogens is 1. The van der Waals surface area contributed by atoms with E-state index >= 15 is 4.39 Å². The number of para-hydroxylation sites is 3. The van der Waals surface area contributed by atoms with Crippen molar-refractivity contribution in [2.24, 2.45) is 0 Å². The van der Waals surface area contributed by atoms with Crippen molar-refractivity contribution in [3.05, 3.63) is 204 Å². The number of imidazole rings is 2. The van der Waals surface area contributed by atoms with Gasteiger partial charge in [-0.25, -0.2) is 14.4 Å². The average Bonchev–Trinajstić information content (AvgIpc) is 4.12. The Kier molecular flexibility index (Phi) is 11.8. The fraction of sp³-hybridized carbons (Fsp3) is 0.188. The third-order valence-corrected chi connectivity index (χ3v) is 13.8. The number of benzene rings is 8. The Hall–Kier alpha value is -8.03. The maximum Gasteiger partial charge on any atom is 0.149 e.